The van der Waals surface area contributed by atoms with Crippen LogP contribution in [0.15, 0.2) is 48.5 Å². The third-order valence-corrected chi connectivity index (χ3v) is 3.82. The Hall–Kier alpha value is -2.74. The van der Waals surface area contributed by atoms with Crippen LogP contribution in [-0.4, -0.2) is 25.0 Å². The predicted octanol–water partition coefficient (Wildman–Crippen LogP) is 4.53. The maximum atomic E-state index is 13.3. The average molecular weight is 400 g/mol. The van der Waals surface area contributed by atoms with Crippen LogP contribution in [0.2, 0.25) is 5.02 Å². The number of carbonyl (C=O) groups is 2. The number of rotatable bonds is 5. The second kappa shape index (κ2) is 8.77. The molecule has 3 amide bonds. The summed E-state index contributed by atoms with van der Waals surface area (Å²) < 4.78 is 39.8. The number of halogens is 4. The van der Waals surface area contributed by atoms with Crippen molar-refractivity contribution in [2.24, 2.45) is 0 Å². The molecule has 0 bridgehead atoms. The molecule has 0 saturated heterocycles. The van der Waals surface area contributed by atoms with E-state index in [1.165, 1.54) is 6.07 Å². The highest BCUT2D eigenvalue weighted by Gasteiger charge is 2.35. The molecule has 144 valence electrons. The van der Waals surface area contributed by atoms with Crippen molar-refractivity contribution in [3.05, 3.63) is 59.1 Å². The Morgan fingerprint density at radius 3 is 2.37 bits per heavy atom. The van der Waals surface area contributed by atoms with Crippen LogP contribution in [0, 0.1) is 0 Å². The van der Waals surface area contributed by atoms with Gasteiger partial charge in [-0.2, -0.15) is 13.2 Å². The van der Waals surface area contributed by atoms with E-state index in [9.17, 15) is 22.8 Å². The van der Waals surface area contributed by atoms with Gasteiger partial charge >= 0.3 is 12.2 Å². The van der Waals surface area contributed by atoms with Gasteiger partial charge in [0.25, 0.3) is 0 Å². The maximum absolute atomic E-state index is 13.3. The quantitative estimate of drug-likeness (QED) is 0.775. The van der Waals surface area contributed by atoms with Gasteiger partial charge < -0.3 is 15.5 Å². The summed E-state index contributed by atoms with van der Waals surface area (Å²) in [7, 11) is 0. The molecule has 0 unspecified atom stereocenters. The Balaban J connectivity index is 2.07. The lowest BCUT2D eigenvalue weighted by atomic mass is 10.1. The molecule has 0 aliphatic rings. The number of amides is 3. The van der Waals surface area contributed by atoms with Gasteiger partial charge in [0.15, 0.2) is 0 Å². The zero-order chi connectivity index (χ0) is 20.0. The molecule has 2 rings (SSSR count). The number of para-hydroxylation sites is 1. The first-order valence-corrected chi connectivity index (χ1v) is 8.31. The van der Waals surface area contributed by atoms with Crippen molar-refractivity contribution < 1.29 is 22.8 Å². The van der Waals surface area contributed by atoms with Crippen LogP contribution in [0.3, 0.4) is 0 Å². The minimum atomic E-state index is -4.67. The Bertz CT molecular complexity index is 813. The smallest absolute Gasteiger partial charge is 0.336 e. The van der Waals surface area contributed by atoms with Crippen molar-refractivity contribution in [1.29, 1.82) is 0 Å². The van der Waals surface area contributed by atoms with Crippen LogP contribution in [-0.2, 0) is 11.0 Å². The van der Waals surface area contributed by atoms with Crippen LogP contribution in [0.5, 0.6) is 0 Å². The lowest BCUT2D eigenvalue weighted by Gasteiger charge is -2.25. The summed E-state index contributed by atoms with van der Waals surface area (Å²) in [4.78, 5) is 24.7. The number of hydrogen-bond donors (Lipinski definition) is 2. The van der Waals surface area contributed by atoms with Crippen LogP contribution >= 0.6 is 11.6 Å². The fourth-order valence-electron chi connectivity index (χ4n) is 2.40. The van der Waals surface area contributed by atoms with Crippen molar-refractivity contribution in [3.8, 4) is 0 Å². The van der Waals surface area contributed by atoms with Gasteiger partial charge in [-0.15, -0.1) is 0 Å². The van der Waals surface area contributed by atoms with Gasteiger partial charge in [0.1, 0.15) is 0 Å². The van der Waals surface area contributed by atoms with Crippen molar-refractivity contribution in [3.63, 3.8) is 0 Å². The Morgan fingerprint density at radius 2 is 1.78 bits per heavy atom. The van der Waals surface area contributed by atoms with Crippen LogP contribution in [0.4, 0.5) is 29.3 Å². The molecule has 5 nitrogen and oxygen atoms in total. The van der Waals surface area contributed by atoms with E-state index in [1.807, 2.05) is 0 Å². The molecule has 0 spiro atoms. The molecular weight excluding hydrogens is 383 g/mol. The first kappa shape index (κ1) is 20.6. The number of nitrogens with one attached hydrogen (secondary N) is 2. The van der Waals surface area contributed by atoms with E-state index in [1.54, 1.807) is 30.3 Å². The largest absolute Gasteiger partial charge is 0.418 e. The minimum absolute atomic E-state index is 0.0435. The van der Waals surface area contributed by atoms with Gasteiger partial charge in [0, 0.05) is 30.7 Å². The molecular formula is C18H17ClF3N3O2. The van der Waals surface area contributed by atoms with Crippen molar-refractivity contribution in [2.75, 3.05) is 23.3 Å². The SMILES string of the molecule is CC(=O)N(CCNC(=O)Nc1ccccc1)c1ccc(Cl)cc1C(F)(F)F. The van der Waals surface area contributed by atoms with E-state index in [0.717, 1.165) is 24.0 Å². The normalized spacial score (nSPS) is 11.0. The standard InChI is InChI=1S/C18H17ClF3N3O2/c1-12(26)25(16-8-7-13(19)11-15(16)18(20,21)22)10-9-23-17(27)24-14-5-3-2-4-6-14/h2-8,11H,9-10H2,1H3,(H2,23,24,27). The number of urea groups is 1. The van der Waals surface area contributed by atoms with E-state index in [-0.39, 0.29) is 23.8 Å². The first-order valence-electron chi connectivity index (χ1n) is 7.93. The Labute approximate surface area is 159 Å². The van der Waals surface area contributed by atoms with E-state index in [0.29, 0.717) is 5.69 Å². The summed E-state index contributed by atoms with van der Waals surface area (Å²) in [6.45, 7) is 0.971. The monoisotopic (exact) mass is 399 g/mol. The van der Waals surface area contributed by atoms with E-state index < -0.39 is 23.7 Å². The molecule has 0 aromatic heterocycles. The third-order valence-electron chi connectivity index (χ3n) is 3.59. The Kier molecular flexibility index (Phi) is 6.68. The van der Waals surface area contributed by atoms with Crippen LogP contribution < -0.4 is 15.5 Å². The minimum Gasteiger partial charge on any atom is -0.336 e. The molecule has 2 aromatic rings. The summed E-state index contributed by atoms with van der Waals surface area (Å²) in [6, 6.07) is 11.3. The molecule has 2 N–H and O–H groups in total. The molecule has 27 heavy (non-hydrogen) atoms. The molecule has 0 saturated carbocycles. The molecule has 9 heteroatoms. The van der Waals surface area contributed by atoms with Gasteiger partial charge in [0.2, 0.25) is 5.91 Å². The number of carbonyl (C=O) groups excluding carboxylic acids is 2. The Morgan fingerprint density at radius 1 is 1.11 bits per heavy atom. The second-order valence-electron chi connectivity index (χ2n) is 5.58. The molecule has 0 fully saturated rings. The first-order chi connectivity index (χ1) is 12.7. The molecule has 0 atom stereocenters. The van der Waals surface area contributed by atoms with Gasteiger partial charge in [-0.05, 0) is 30.3 Å². The van der Waals surface area contributed by atoms with E-state index in [2.05, 4.69) is 10.6 Å². The summed E-state index contributed by atoms with van der Waals surface area (Å²) in [6.07, 6.45) is -4.67. The fourth-order valence-corrected chi connectivity index (χ4v) is 2.57. The van der Waals surface area contributed by atoms with Gasteiger partial charge in [-0.25, -0.2) is 4.79 Å². The highest BCUT2D eigenvalue weighted by atomic mass is 35.5. The zero-order valence-electron chi connectivity index (χ0n) is 14.3. The molecule has 0 radical (unpaired) electrons. The zero-order valence-corrected chi connectivity index (χ0v) is 15.1. The predicted molar refractivity (Wildman–Crippen MR) is 97.9 cm³/mol. The van der Waals surface area contributed by atoms with E-state index >= 15 is 0 Å². The number of hydrogen-bond acceptors (Lipinski definition) is 2. The molecule has 0 aliphatic heterocycles. The summed E-state index contributed by atoms with van der Waals surface area (Å²) in [5.41, 5.74) is -0.765. The lowest BCUT2D eigenvalue weighted by Crippen LogP contribution is -2.39. The summed E-state index contributed by atoms with van der Waals surface area (Å²) in [5, 5.41) is 4.99. The third kappa shape index (κ3) is 5.89. The van der Waals surface area contributed by atoms with Crippen molar-refractivity contribution in [1.82, 2.24) is 5.32 Å². The fraction of sp³-hybridized carbons (Fsp3) is 0.222. The van der Waals surface area contributed by atoms with Gasteiger partial charge in [-0.1, -0.05) is 29.8 Å². The lowest BCUT2D eigenvalue weighted by molar-refractivity contribution is -0.137. The second-order valence-corrected chi connectivity index (χ2v) is 6.01. The average Bonchev–Trinajstić information content (AvgIpc) is 2.59. The maximum Gasteiger partial charge on any atom is 0.418 e. The van der Waals surface area contributed by atoms with Gasteiger partial charge in [0.05, 0.1) is 11.3 Å². The van der Waals surface area contributed by atoms with Crippen molar-refractivity contribution >= 4 is 34.9 Å². The van der Waals surface area contributed by atoms with Crippen LogP contribution in [0.25, 0.3) is 0 Å². The molecule has 2 aromatic carbocycles. The molecule has 0 aliphatic carbocycles. The van der Waals surface area contributed by atoms with Crippen LogP contribution in [0.1, 0.15) is 12.5 Å². The number of alkyl halides is 3. The summed E-state index contributed by atoms with van der Waals surface area (Å²) >= 11 is 5.66. The number of anilines is 2. The highest BCUT2D eigenvalue weighted by molar-refractivity contribution is 6.30. The van der Waals surface area contributed by atoms with Gasteiger partial charge in [-0.3, -0.25) is 4.79 Å². The number of nitrogens with zero attached hydrogens (tertiary/aromatic N) is 1. The topological polar surface area (TPSA) is 61.4 Å². The summed E-state index contributed by atoms with van der Waals surface area (Å²) in [5.74, 6) is -0.590. The number of benzene rings is 2. The highest BCUT2D eigenvalue weighted by Crippen LogP contribution is 2.38. The van der Waals surface area contributed by atoms with Crippen molar-refractivity contribution in [2.45, 2.75) is 13.1 Å². The van der Waals surface area contributed by atoms with E-state index in [4.69, 9.17) is 11.6 Å². The molecule has 0 heterocycles.